The number of rotatable bonds is 3. The van der Waals surface area contributed by atoms with Gasteiger partial charge >= 0.3 is 23.1 Å². The fourth-order valence-corrected chi connectivity index (χ4v) is 0.967. The van der Waals surface area contributed by atoms with Crippen molar-refractivity contribution in [2.24, 2.45) is 0 Å². The van der Waals surface area contributed by atoms with E-state index in [0.29, 0.717) is 0 Å². The van der Waals surface area contributed by atoms with Gasteiger partial charge in [-0.1, -0.05) is 26.2 Å². The van der Waals surface area contributed by atoms with Crippen LogP contribution in [-0.2, 0) is 6.42 Å². The number of hydrogen-bond acceptors (Lipinski definition) is 0. The first kappa shape index (κ1) is 14.8. The molecule has 0 spiro atoms. The Morgan fingerprint density at radius 3 is 2.67 bits per heavy atom. The molecule has 2 heteroatoms. The molecular weight excluding hydrogens is 180 g/mol. The van der Waals surface area contributed by atoms with Crippen molar-refractivity contribution in [2.75, 3.05) is 0 Å². The number of benzene rings is 1. The summed E-state index contributed by atoms with van der Waals surface area (Å²) in [6.07, 6.45) is 3.76. The summed E-state index contributed by atoms with van der Waals surface area (Å²) in [4.78, 5) is 0. The van der Waals surface area contributed by atoms with Gasteiger partial charge in [-0.05, 0) is 0 Å². The Labute approximate surface area is 97.3 Å². The first-order valence-electron chi connectivity index (χ1n) is 3.88. The molecule has 0 heterocycles. The quantitative estimate of drug-likeness (QED) is 0.446. The third kappa shape index (κ3) is 5.87. The predicted molar refractivity (Wildman–Crippen MR) is 49.6 cm³/mol. The predicted octanol–water partition coefficient (Wildman–Crippen LogP) is -0.547. The van der Waals surface area contributed by atoms with Gasteiger partial charge in [-0.25, -0.2) is 0 Å². The maximum absolute atomic E-state index is 3.07. The van der Waals surface area contributed by atoms with E-state index in [1.54, 1.807) is 0 Å². The molecule has 0 amide bonds. The Morgan fingerprint density at radius 2 is 2.17 bits per heavy atom. The second-order valence-corrected chi connectivity index (χ2v) is 2.52. The van der Waals surface area contributed by atoms with E-state index < -0.39 is 0 Å². The number of unbranched alkanes of at least 4 members (excludes halogenated alkanes) is 1. The summed E-state index contributed by atoms with van der Waals surface area (Å²) in [5, 5.41) is 0. The second-order valence-electron chi connectivity index (χ2n) is 2.52. The molecule has 0 N–H and O–H groups in total. The van der Waals surface area contributed by atoms with Gasteiger partial charge in [0.1, 0.15) is 0 Å². The van der Waals surface area contributed by atoms with Crippen molar-refractivity contribution in [3.63, 3.8) is 0 Å². The molecule has 0 radical (unpaired) electrons. The molecule has 0 fully saturated rings. The van der Waals surface area contributed by atoms with Crippen LogP contribution < -0.4 is 12.4 Å². The van der Waals surface area contributed by atoms with Gasteiger partial charge in [0.2, 0.25) is 0 Å². The van der Waals surface area contributed by atoms with Crippen LogP contribution in [0.3, 0.4) is 0 Å². The van der Waals surface area contributed by atoms with E-state index in [9.17, 15) is 0 Å². The van der Waals surface area contributed by atoms with E-state index in [-0.39, 0.29) is 35.5 Å². The summed E-state index contributed by atoms with van der Waals surface area (Å²) in [7, 11) is 0. The van der Waals surface area contributed by atoms with E-state index in [4.69, 9.17) is 0 Å². The number of hydrogen-bond donors (Lipinski definition) is 0. The van der Waals surface area contributed by atoms with Crippen molar-refractivity contribution in [3.05, 3.63) is 35.9 Å². The summed E-state index contributed by atoms with van der Waals surface area (Å²) >= 11 is 0. The van der Waals surface area contributed by atoms with Gasteiger partial charge in [0.05, 0.1) is 0 Å². The molecule has 62 valence electrons. The maximum Gasteiger partial charge on any atom is 2.00 e. The van der Waals surface area contributed by atoms with Crippen molar-refractivity contribution < 1.29 is 12.4 Å². The Kier molecular flexibility index (Phi) is 11.5. The fraction of sp³-hybridized carbons (Fsp3) is 0.400. The minimum atomic E-state index is 0. The van der Waals surface area contributed by atoms with Gasteiger partial charge in [-0.15, -0.1) is 0 Å². The molecule has 1 aromatic rings. The molecule has 0 atom stereocenters. The van der Waals surface area contributed by atoms with Crippen molar-refractivity contribution in [1.29, 1.82) is 0 Å². The molecule has 0 aliphatic heterocycles. The van der Waals surface area contributed by atoms with Gasteiger partial charge in [-0.3, -0.25) is 0 Å². The van der Waals surface area contributed by atoms with E-state index in [0.717, 1.165) is 0 Å². The summed E-state index contributed by atoms with van der Waals surface area (Å²) in [6, 6.07) is 11.3. The first-order valence-corrected chi connectivity index (χ1v) is 3.88. The Hall–Kier alpha value is 0.276. The summed E-state index contributed by atoms with van der Waals surface area (Å²) in [6.45, 7) is 2.21. The SMILES string of the molecule is CCCCc1c[c-]ccc1.[Cl-].[Mg+2]. The molecule has 0 aliphatic rings. The van der Waals surface area contributed by atoms with Crippen molar-refractivity contribution in [1.82, 2.24) is 0 Å². The number of halogens is 1. The smallest absolute Gasteiger partial charge is 1.00 e. The van der Waals surface area contributed by atoms with Gasteiger partial charge < -0.3 is 12.4 Å². The minimum absolute atomic E-state index is 0. The third-order valence-electron chi connectivity index (χ3n) is 1.59. The zero-order chi connectivity index (χ0) is 7.23. The van der Waals surface area contributed by atoms with Crippen LogP contribution >= 0.6 is 0 Å². The number of aryl methyl sites for hydroxylation is 1. The van der Waals surface area contributed by atoms with Crippen molar-refractivity contribution in [2.45, 2.75) is 26.2 Å². The standard InChI is InChI=1S/C10H13.ClH.Mg/c1-2-3-7-10-8-5-4-6-9-10;;/h4-5,8-9H,2-3,7H2,1H3;1H;/q-1;;+2/p-1. The fourth-order valence-electron chi connectivity index (χ4n) is 0.967. The van der Waals surface area contributed by atoms with Crippen LogP contribution in [0.2, 0.25) is 0 Å². The van der Waals surface area contributed by atoms with Gasteiger partial charge in [0, 0.05) is 0 Å². The van der Waals surface area contributed by atoms with E-state index in [2.05, 4.69) is 25.1 Å². The Bertz CT molecular complexity index is 174. The van der Waals surface area contributed by atoms with Crippen LogP contribution in [0.4, 0.5) is 0 Å². The van der Waals surface area contributed by atoms with E-state index >= 15 is 0 Å². The molecular formula is C10H13ClMg. The zero-order valence-corrected chi connectivity index (χ0v) is 9.69. The molecule has 0 aromatic heterocycles. The van der Waals surface area contributed by atoms with Crippen molar-refractivity contribution in [3.8, 4) is 0 Å². The van der Waals surface area contributed by atoms with Crippen LogP contribution in [0, 0.1) is 6.07 Å². The summed E-state index contributed by atoms with van der Waals surface area (Å²) in [5.74, 6) is 0. The van der Waals surface area contributed by atoms with Gasteiger partial charge in [0.25, 0.3) is 0 Å². The van der Waals surface area contributed by atoms with E-state index in [1.165, 1.54) is 24.8 Å². The zero-order valence-electron chi connectivity index (χ0n) is 7.52. The van der Waals surface area contributed by atoms with Crippen LogP contribution in [0.5, 0.6) is 0 Å². The first-order chi connectivity index (χ1) is 4.93. The molecule has 1 aromatic carbocycles. The van der Waals surface area contributed by atoms with Gasteiger partial charge in [-0.2, -0.15) is 35.9 Å². The Balaban J connectivity index is 0. The monoisotopic (exact) mass is 192 g/mol. The Morgan fingerprint density at radius 1 is 1.42 bits per heavy atom. The summed E-state index contributed by atoms with van der Waals surface area (Å²) in [5.41, 5.74) is 1.41. The van der Waals surface area contributed by atoms with Crippen LogP contribution in [0.15, 0.2) is 24.3 Å². The normalized spacial score (nSPS) is 8.08. The summed E-state index contributed by atoms with van der Waals surface area (Å²) < 4.78 is 0. The molecule has 1 rings (SSSR count). The molecule has 0 unspecified atom stereocenters. The van der Waals surface area contributed by atoms with Gasteiger partial charge in [0.15, 0.2) is 0 Å². The third-order valence-corrected chi connectivity index (χ3v) is 1.59. The molecule has 0 nitrogen and oxygen atoms in total. The topological polar surface area (TPSA) is 0 Å². The second kappa shape index (κ2) is 9.36. The van der Waals surface area contributed by atoms with E-state index in [1.807, 2.05) is 12.1 Å². The van der Waals surface area contributed by atoms with Crippen molar-refractivity contribution >= 4 is 23.1 Å². The van der Waals surface area contributed by atoms with Crippen LogP contribution in [-0.4, -0.2) is 23.1 Å². The average Bonchev–Trinajstić information content (AvgIpc) is 2.03. The molecule has 0 bridgehead atoms. The van der Waals surface area contributed by atoms with Crippen LogP contribution in [0.1, 0.15) is 25.3 Å². The van der Waals surface area contributed by atoms with Crippen LogP contribution in [0.25, 0.3) is 0 Å². The molecule has 0 saturated heterocycles. The largest absolute Gasteiger partial charge is 2.00 e. The minimum Gasteiger partial charge on any atom is -1.00 e. The average molecular weight is 193 g/mol. The maximum atomic E-state index is 3.07. The molecule has 0 aliphatic carbocycles. The molecule has 12 heavy (non-hydrogen) atoms. The molecule has 0 saturated carbocycles.